The number of hydrogen-bond acceptors (Lipinski definition) is 5. The van der Waals surface area contributed by atoms with E-state index < -0.39 is 34.6 Å². The van der Waals surface area contributed by atoms with Gasteiger partial charge in [0.25, 0.3) is 5.91 Å². The quantitative estimate of drug-likeness (QED) is 0.329. The fourth-order valence-electron chi connectivity index (χ4n) is 5.30. The highest BCUT2D eigenvalue weighted by Gasteiger charge is 2.36. The number of aryl methyl sites for hydroxylation is 1. The van der Waals surface area contributed by atoms with Crippen LogP contribution in [0, 0.1) is 18.7 Å². The van der Waals surface area contributed by atoms with Crippen molar-refractivity contribution in [2.45, 2.75) is 51.9 Å². The maximum Gasteiger partial charge on any atom is 0.417 e. The number of pyridine rings is 1. The third-order valence-corrected chi connectivity index (χ3v) is 8.17. The van der Waals surface area contributed by atoms with Gasteiger partial charge in [-0.3, -0.25) is 14.5 Å². The zero-order chi connectivity index (χ0) is 30.3. The monoisotopic (exact) mass is 586 g/mol. The molecule has 2 aromatic carbocycles. The van der Waals surface area contributed by atoms with Crippen molar-refractivity contribution in [2.24, 2.45) is 5.92 Å². The van der Waals surface area contributed by atoms with Crippen molar-refractivity contribution in [3.05, 3.63) is 75.5 Å². The molecule has 2 N–H and O–H groups in total. The molecule has 1 aliphatic heterocycles. The summed E-state index contributed by atoms with van der Waals surface area (Å²) in [7, 11) is 1.99. The number of halogens is 4. The summed E-state index contributed by atoms with van der Waals surface area (Å²) in [6, 6.07) is 8.61. The normalized spacial score (nSPS) is 19.6. The third kappa shape index (κ3) is 6.30. The first-order valence-electron chi connectivity index (χ1n) is 14.0. The lowest BCUT2D eigenvalue weighted by Gasteiger charge is -2.44. The van der Waals surface area contributed by atoms with E-state index in [1.165, 1.54) is 12.1 Å². The first-order chi connectivity index (χ1) is 19.8. The molecule has 2 aliphatic rings. The van der Waals surface area contributed by atoms with Gasteiger partial charge in [0.1, 0.15) is 11.6 Å². The van der Waals surface area contributed by atoms with Crippen molar-refractivity contribution in [3.63, 3.8) is 0 Å². The van der Waals surface area contributed by atoms with Crippen molar-refractivity contribution in [3.8, 4) is 16.9 Å². The molecule has 1 amide bonds. The van der Waals surface area contributed by atoms with E-state index in [0.717, 1.165) is 24.6 Å². The zero-order valence-electron chi connectivity index (χ0n) is 23.9. The van der Waals surface area contributed by atoms with E-state index >= 15 is 4.39 Å². The van der Waals surface area contributed by atoms with E-state index in [1.54, 1.807) is 18.2 Å². The summed E-state index contributed by atoms with van der Waals surface area (Å²) in [6.45, 7) is 7.57. The van der Waals surface area contributed by atoms with Crippen molar-refractivity contribution in [1.29, 1.82) is 0 Å². The van der Waals surface area contributed by atoms with Gasteiger partial charge in [-0.25, -0.2) is 4.39 Å². The number of anilines is 2. The second-order valence-electron chi connectivity index (χ2n) is 11.4. The van der Waals surface area contributed by atoms with E-state index in [2.05, 4.69) is 15.2 Å². The molecule has 224 valence electrons. The predicted octanol–water partition coefficient (Wildman–Crippen LogP) is 6.08. The summed E-state index contributed by atoms with van der Waals surface area (Å²) in [4.78, 5) is 31.2. The Labute approximate surface area is 241 Å². The molecule has 0 unspecified atom stereocenters. The van der Waals surface area contributed by atoms with E-state index in [1.807, 2.05) is 32.7 Å². The summed E-state index contributed by atoms with van der Waals surface area (Å²) in [5.41, 5.74) is -1.04. The molecule has 2 fully saturated rings. The molecule has 3 aromatic rings. The molecule has 0 bridgehead atoms. The van der Waals surface area contributed by atoms with Crippen LogP contribution < -0.4 is 20.5 Å². The molecule has 1 saturated carbocycles. The van der Waals surface area contributed by atoms with Crippen LogP contribution in [0.25, 0.3) is 11.1 Å². The number of carbonyl (C=O) groups excluding carboxylic acids is 1. The number of benzene rings is 2. The number of likely N-dealkylation sites (N-methyl/N-ethyl adjacent to an activating group) is 1. The summed E-state index contributed by atoms with van der Waals surface area (Å²) >= 11 is 0. The lowest BCUT2D eigenvalue weighted by atomic mass is 9.99. The van der Waals surface area contributed by atoms with Crippen molar-refractivity contribution >= 4 is 17.3 Å². The minimum absolute atomic E-state index is 0.0990. The molecule has 11 heteroatoms. The molecule has 5 rings (SSSR count). The number of rotatable bonds is 7. The van der Waals surface area contributed by atoms with Gasteiger partial charge in [0.05, 0.1) is 29.1 Å². The van der Waals surface area contributed by atoms with E-state index in [9.17, 15) is 22.8 Å². The molecule has 1 aromatic heterocycles. The minimum atomic E-state index is -4.93. The number of H-pyrrole nitrogens is 1. The van der Waals surface area contributed by atoms with Crippen LogP contribution in [0.3, 0.4) is 0 Å². The third-order valence-electron chi connectivity index (χ3n) is 8.17. The molecule has 1 saturated heterocycles. The van der Waals surface area contributed by atoms with Crippen LogP contribution in [0.15, 0.2) is 47.4 Å². The maximum absolute atomic E-state index is 15.8. The van der Waals surface area contributed by atoms with E-state index in [4.69, 9.17) is 4.74 Å². The average molecular weight is 587 g/mol. The fourth-order valence-corrected chi connectivity index (χ4v) is 5.30. The zero-order valence-corrected chi connectivity index (χ0v) is 23.9. The maximum atomic E-state index is 15.8. The van der Waals surface area contributed by atoms with Gasteiger partial charge >= 0.3 is 6.18 Å². The van der Waals surface area contributed by atoms with Gasteiger partial charge in [-0.15, -0.1) is 0 Å². The Balaban J connectivity index is 1.55. The number of amides is 1. The van der Waals surface area contributed by atoms with Crippen LogP contribution >= 0.6 is 0 Å². The van der Waals surface area contributed by atoms with Crippen molar-refractivity contribution in [2.75, 3.05) is 37.0 Å². The largest absolute Gasteiger partial charge is 0.493 e. The molecule has 2 atom stereocenters. The molecule has 0 spiro atoms. The number of alkyl halides is 3. The van der Waals surface area contributed by atoms with Crippen LogP contribution in [0.4, 0.5) is 28.9 Å². The summed E-state index contributed by atoms with van der Waals surface area (Å²) < 4.78 is 62.9. The highest BCUT2D eigenvalue weighted by atomic mass is 19.4. The Kier molecular flexibility index (Phi) is 8.06. The van der Waals surface area contributed by atoms with Gasteiger partial charge < -0.3 is 19.9 Å². The van der Waals surface area contributed by atoms with E-state index in [0.29, 0.717) is 48.7 Å². The fraction of sp³-hybridized carbons (Fsp3) is 0.419. The number of nitrogens with one attached hydrogen (secondary N) is 2. The Morgan fingerprint density at radius 2 is 1.79 bits per heavy atom. The summed E-state index contributed by atoms with van der Waals surface area (Å²) in [6.07, 6.45) is -1.88. The molecular formula is C31H34F4N4O3. The molecular weight excluding hydrogens is 552 g/mol. The number of ether oxygens (including phenoxy) is 1. The second kappa shape index (κ2) is 11.4. The number of aromatic amines is 1. The van der Waals surface area contributed by atoms with Gasteiger partial charge in [-0.1, -0.05) is 6.07 Å². The Hall–Kier alpha value is -3.86. The molecule has 1 aliphatic carbocycles. The number of nitrogens with zero attached hydrogens (tertiary/aromatic N) is 2. The first-order valence-corrected chi connectivity index (χ1v) is 14.0. The highest BCUT2D eigenvalue weighted by Crippen LogP contribution is 2.38. The SMILES string of the molecule is Cc1cc(-c2cc(NC(=O)c3c[nH]c(=O)cc3C(F)(F)F)c(N3C[C@@H](C)N(C)[C@@H](C)C3)cc2F)ccc1OCC1CC1. The van der Waals surface area contributed by atoms with Gasteiger partial charge in [-0.2, -0.15) is 13.2 Å². The van der Waals surface area contributed by atoms with Crippen molar-refractivity contribution < 1.29 is 27.1 Å². The predicted molar refractivity (Wildman–Crippen MR) is 154 cm³/mol. The number of carbonyl (C=O) groups is 1. The smallest absolute Gasteiger partial charge is 0.417 e. The average Bonchev–Trinajstić information content (AvgIpc) is 3.75. The summed E-state index contributed by atoms with van der Waals surface area (Å²) in [5.74, 6) is -0.337. The molecule has 42 heavy (non-hydrogen) atoms. The lowest BCUT2D eigenvalue weighted by molar-refractivity contribution is -0.138. The Bertz CT molecular complexity index is 1540. The van der Waals surface area contributed by atoms with Gasteiger partial charge in [0.15, 0.2) is 0 Å². The number of hydrogen-bond donors (Lipinski definition) is 2. The Morgan fingerprint density at radius 1 is 1.10 bits per heavy atom. The van der Waals surface area contributed by atoms with Gasteiger partial charge in [-0.05, 0) is 82.0 Å². The van der Waals surface area contributed by atoms with Crippen LogP contribution in [-0.4, -0.2) is 54.6 Å². The minimum Gasteiger partial charge on any atom is -0.493 e. The van der Waals surface area contributed by atoms with Crippen LogP contribution in [0.1, 0.15) is 48.2 Å². The summed E-state index contributed by atoms with van der Waals surface area (Å²) in [5, 5.41) is 2.59. The lowest BCUT2D eigenvalue weighted by Crippen LogP contribution is -2.55. The second-order valence-corrected chi connectivity index (χ2v) is 11.4. The van der Waals surface area contributed by atoms with Crippen molar-refractivity contribution in [1.82, 2.24) is 9.88 Å². The Morgan fingerprint density at radius 3 is 2.40 bits per heavy atom. The molecule has 0 radical (unpaired) electrons. The standard InChI is InChI=1S/C31H34F4N4O3/c1-17-9-21(7-8-28(17)42-16-20-5-6-20)22-10-26(27(12-25(22)32)39-14-18(2)38(4)19(3)15-39)37-30(41)23-13-36-29(40)11-24(23)31(33,34)35/h7-13,18-20H,5-6,14-16H2,1-4H3,(H,36,40)(H,37,41)/t18-,19+. The van der Waals surface area contributed by atoms with E-state index in [-0.39, 0.29) is 23.3 Å². The molecule has 7 nitrogen and oxygen atoms in total. The highest BCUT2D eigenvalue weighted by molar-refractivity contribution is 6.07. The van der Waals surface area contributed by atoms with Crippen LogP contribution in [0.5, 0.6) is 5.75 Å². The number of piperazine rings is 1. The first kappa shape index (κ1) is 29.6. The topological polar surface area (TPSA) is 77.7 Å². The van der Waals surface area contributed by atoms with Gasteiger partial charge in [0.2, 0.25) is 5.56 Å². The number of aromatic nitrogens is 1. The van der Waals surface area contributed by atoms with Crippen LogP contribution in [-0.2, 0) is 6.18 Å². The van der Waals surface area contributed by atoms with Crippen LogP contribution in [0.2, 0.25) is 0 Å². The van der Waals surface area contributed by atoms with Gasteiger partial charge in [0, 0.05) is 43.0 Å². The molecule has 2 heterocycles.